The lowest BCUT2D eigenvalue weighted by atomic mass is 10.1. The average molecular weight is 272 g/mol. The molecule has 1 aliphatic rings. The Bertz CT molecular complexity index is 746. The Kier molecular flexibility index (Phi) is 3.21. The van der Waals surface area contributed by atoms with Gasteiger partial charge in [-0.1, -0.05) is 30.0 Å². The molecule has 96 valence electrons. The van der Waals surface area contributed by atoms with E-state index in [-0.39, 0.29) is 5.63 Å². The van der Waals surface area contributed by atoms with Crippen LogP contribution in [0.4, 0.5) is 0 Å². The van der Waals surface area contributed by atoms with Crippen LogP contribution in [0.5, 0.6) is 0 Å². The van der Waals surface area contributed by atoms with E-state index in [2.05, 4.69) is 9.98 Å². The zero-order valence-corrected chi connectivity index (χ0v) is 11.2. The van der Waals surface area contributed by atoms with E-state index in [1.54, 1.807) is 17.8 Å². The third kappa shape index (κ3) is 2.46. The van der Waals surface area contributed by atoms with Gasteiger partial charge in [0, 0.05) is 11.1 Å². The van der Waals surface area contributed by atoms with Gasteiger partial charge in [-0.3, -0.25) is 4.99 Å². The molecule has 0 aliphatic carbocycles. The Labute approximate surface area is 114 Å². The van der Waals surface area contributed by atoms with Gasteiger partial charge in [0.2, 0.25) is 0 Å². The summed E-state index contributed by atoms with van der Waals surface area (Å²) in [6.45, 7) is 2.60. The zero-order valence-electron chi connectivity index (χ0n) is 10.4. The number of amidine groups is 1. The maximum absolute atomic E-state index is 12.0. The van der Waals surface area contributed by atoms with Gasteiger partial charge >= 0.3 is 5.63 Å². The Balaban J connectivity index is 2.09. The van der Waals surface area contributed by atoms with E-state index in [0.717, 1.165) is 22.9 Å². The Morgan fingerprint density at radius 2 is 2.26 bits per heavy atom. The summed E-state index contributed by atoms with van der Waals surface area (Å²) in [5, 5.41) is 1.64. The van der Waals surface area contributed by atoms with E-state index in [1.165, 1.54) is 0 Å². The van der Waals surface area contributed by atoms with E-state index < -0.39 is 0 Å². The third-order valence-corrected chi connectivity index (χ3v) is 3.73. The molecule has 4 nitrogen and oxygen atoms in total. The van der Waals surface area contributed by atoms with Crippen LogP contribution in [0, 0.1) is 0 Å². The van der Waals surface area contributed by atoms with Crippen LogP contribution in [0.1, 0.15) is 12.5 Å². The molecule has 0 saturated heterocycles. The van der Waals surface area contributed by atoms with Crippen molar-refractivity contribution in [2.45, 2.75) is 6.92 Å². The highest BCUT2D eigenvalue weighted by molar-refractivity contribution is 8.14. The van der Waals surface area contributed by atoms with Crippen molar-refractivity contribution in [3.63, 3.8) is 0 Å². The summed E-state index contributed by atoms with van der Waals surface area (Å²) in [5.41, 5.74) is 1.38. The minimum absolute atomic E-state index is 0.358. The van der Waals surface area contributed by atoms with Crippen LogP contribution < -0.4 is 5.63 Å². The number of aliphatic imine (C=N–C) groups is 2. The molecule has 0 saturated carbocycles. The molecular formula is C14H12N2O2S. The van der Waals surface area contributed by atoms with Crippen LogP contribution in [-0.4, -0.2) is 23.2 Å². The fourth-order valence-electron chi connectivity index (χ4n) is 1.91. The molecule has 0 amide bonds. The van der Waals surface area contributed by atoms with E-state index in [9.17, 15) is 4.79 Å². The highest BCUT2D eigenvalue weighted by Crippen LogP contribution is 2.16. The van der Waals surface area contributed by atoms with Crippen LogP contribution in [0.15, 0.2) is 49.5 Å². The molecule has 0 unspecified atom stereocenters. The quantitative estimate of drug-likeness (QED) is 0.592. The molecular weight excluding hydrogens is 260 g/mol. The minimum Gasteiger partial charge on any atom is -0.422 e. The van der Waals surface area contributed by atoms with Gasteiger partial charge in [-0.05, 0) is 19.1 Å². The van der Waals surface area contributed by atoms with Crippen LogP contribution >= 0.6 is 11.8 Å². The fraction of sp³-hybridized carbons (Fsp3) is 0.214. The monoisotopic (exact) mass is 272 g/mol. The summed E-state index contributed by atoms with van der Waals surface area (Å²) in [5.74, 6) is 0.957. The highest BCUT2D eigenvalue weighted by atomic mass is 32.2. The minimum atomic E-state index is -0.358. The predicted molar refractivity (Wildman–Crippen MR) is 79.5 cm³/mol. The highest BCUT2D eigenvalue weighted by Gasteiger charge is 2.11. The lowest BCUT2D eigenvalue weighted by Gasteiger charge is -2.01. The van der Waals surface area contributed by atoms with Gasteiger partial charge < -0.3 is 4.42 Å². The largest absolute Gasteiger partial charge is 0.422 e. The third-order valence-electron chi connectivity index (χ3n) is 2.86. The first-order chi connectivity index (χ1) is 9.24. The first-order valence-electron chi connectivity index (χ1n) is 6.00. The predicted octanol–water partition coefficient (Wildman–Crippen LogP) is 2.70. The standard InChI is InChI=1S/C14H12N2O2S/c1-9(16-14-15-6-7-19-14)11-8-10-4-2-3-5-12(10)18-13(11)17/h2-5,8H,6-7H2,1H3/b16-9+. The van der Waals surface area contributed by atoms with Gasteiger partial charge in [0.15, 0.2) is 5.17 Å². The number of para-hydroxylation sites is 1. The average Bonchev–Trinajstić information content (AvgIpc) is 2.90. The van der Waals surface area contributed by atoms with Crippen molar-refractivity contribution in [3.8, 4) is 0 Å². The number of benzene rings is 1. The molecule has 3 rings (SSSR count). The van der Waals surface area contributed by atoms with Gasteiger partial charge in [-0.15, -0.1) is 0 Å². The van der Waals surface area contributed by atoms with Crippen LogP contribution in [0.2, 0.25) is 0 Å². The van der Waals surface area contributed by atoms with Gasteiger partial charge in [0.1, 0.15) is 5.58 Å². The van der Waals surface area contributed by atoms with Crippen LogP contribution in [-0.2, 0) is 0 Å². The molecule has 2 aromatic rings. The number of nitrogens with zero attached hydrogens (tertiary/aromatic N) is 2. The zero-order chi connectivity index (χ0) is 13.2. The Morgan fingerprint density at radius 3 is 3.05 bits per heavy atom. The van der Waals surface area contributed by atoms with E-state index >= 15 is 0 Å². The van der Waals surface area contributed by atoms with Crippen LogP contribution in [0.25, 0.3) is 11.0 Å². The van der Waals surface area contributed by atoms with Crippen molar-refractivity contribution < 1.29 is 4.42 Å². The van der Waals surface area contributed by atoms with Crippen molar-refractivity contribution in [1.29, 1.82) is 0 Å². The van der Waals surface area contributed by atoms with Gasteiger partial charge in [0.05, 0.1) is 17.8 Å². The van der Waals surface area contributed by atoms with Crippen LogP contribution in [0.3, 0.4) is 0 Å². The molecule has 19 heavy (non-hydrogen) atoms. The second-order valence-corrected chi connectivity index (χ2v) is 5.26. The van der Waals surface area contributed by atoms with E-state index in [0.29, 0.717) is 16.9 Å². The van der Waals surface area contributed by atoms with Crippen molar-refractivity contribution in [2.75, 3.05) is 12.3 Å². The summed E-state index contributed by atoms with van der Waals surface area (Å²) in [6, 6.07) is 9.27. The number of hydrogen-bond acceptors (Lipinski definition) is 5. The number of rotatable bonds is 1. The molecule has 1 aliphatic heterocycles. The van der Waals surface area contributed by atoms with E-state index in [4.69, 9.17) is 4.42 Å². The Morgan fingerprint density at radius 1 is 1.42 bits per heavy atom. The van der Waals surface area contributed by atoms with Crippen molar-refractivity contribution in [3.05, 3.63) is 46.3 Å². The molecule has 0 fully saturated rings. The number of fused-ring (bicyclic) bond motifs is 1. The van der Waals surface area contributed by atoms with Gasteiger partial charge in [-0.25, -0.2) is 9.79 Å². The van der Waals surface area contributed by atoms with Crippen molar-refractivity contribution in [2.24, 2.45) is 9.98 Å². The maximum Gasteiger partial charge on any atom is 0.345 e. The molecule has 2 heterocycles. The SMILES string of the molecule is C/C(=N\C1=NCCS1)c1cc2ccccc2oc1=O. The molecule has 0 atom stereocenters. The molecule has 0 bridgehead atoms. The van der Waals surface area contributed by atoms with Crippen molar-refractivity contribution >= 4 is 33.6 Å². The molecule has 0 spiro atoms. The lowest BCUT2D eigenvalue weighted by molar-refractivity contribution is 0.559. The topological polar surface area (TPSA) is 54.9 Å². The van der Waals surface area contributed by atoms with Crippen molar-refractivity contribution in [1.82, 2.24) is 0 Å². The molecule has 0 N–H and O–H groups in total. The number of thioether (sulfide) groups is 1. The maximum atomic E-state index is 12.0. The normalized spacial score (nSPS) is 15.8. The molecule has 1 aromatic heterocycles. The molecule has 0 radical (unpaired) electrons. The summed E-state index contributed by atoms with van der Waals surface area (Å²) in [4.78, 5) is 20.6. The first-order valence-corrected chi connectivity index (χ1v) is 6.98. The number of hydrogen-bond donors (Lipinski definition) is 0. The summed E-state index contributed by atoms with van der Waals surface area (Å²) < 4.78 is 5.30. The lowest BCUT2D eigenvalue weighted by Crippen LogP contribution is -2.12. The van der Waals surface area contributed by atoms with Gasteiger partial charge in [-0.2, -0.15) is 0 Å². The smallest absolute Gasteiger partial charge is 0.345 e. The molecule has 1 aromatic carbocycles. The summed E-state index contributed by atoms with van der Waals surface area (Å²) >= 11 is 1.60. The van der Waals surface area contributed by atoms with E-state index in [1.807, 2.05) is 31.2 Å². The second-order valence-electron chi connectivity index (χ2n) is 4.20. The first kappa shape index (κ1) is 12.2. The Hall–Kier alpha value is -1.88. The summed E-state index contributed by atoms with van der Waals surface area (Å²) in [7, 11) is 0. The van der Waals surface area contributed by atoms with Gasteiger partial charge in [0.25, 0.3) is 0 Å². The fourth-order valence-corrected chi connectivity index (χ4v) is 2.66. The second kappa shape index (κ2) is 5.01. The molecule has 5 heteroatoms. The summed E-state index contributed by atoms with van der Waals surface area (Å²) in [6.07, 6.45) is 0.